The van der Waals surface area contributed by atoms with Crippen LogP contribution >= 0.6 is 0 Å². The maximum Gasteiger partial charge on any atom is 0.416 e. The Bertz CT molecular complexity index is 1840. The number of halogens is 6. The number of benzene rings is 3. The molecule has 0 aromatic heterocycles. The van der Waals surface area contributed by atoms with Crippen molar-refractivity contribution < 1.29 is 45.3 Å². The molecular weight excluding hydrogens is 626 g/mol. The van der Waals surface area contributed by atoms with Crippen molar-refractivity contribution in [2.75, 3.05) is 19.8 Å². The summed E-state index contributed by atoms with van der Waals surface area (Å²) < 4.78 is 100. The number of hydrogen-bond donors (Lipinski definition) is 0. The summed E-state index contributed by atoms with van der Waals surface area (Å²) in [6, 6.07) is 14.2. The molecule has 0 radical (unpaired) electrons. The van der Waals surface area contributed by atoms with E-state index in [9.17, 15) is 41.7 Å². The minimum Gasteiger partial charge on any atom is -0.460 e. The van der Waals surface area contributed by atoms with E-state index in [1.165, 1.54) is 30.3 Å². The summed E-state index contributed by atoms with van der Waals surface area (Å²) in [5, 5.41) is 20.4. The average molecular weight is 657 g/mol. The number of alkyl halides is 6. The van der Waals surface area contributed by atoms with E-state index < -0.39 is 52.8 Å². The first-order valence-corrected chi connectivity index (χ1v) is 14.5. The molecule has 0 fully saturated rings. The zero-order valence-electron chi connectivity index (χ0n) is 25.9. The van der Waals surface area contributed by atoms with Crippen LogP contribution in [0.15, 0.2) is 60.2 Å². The molecule has 1 aliphatic carbocycles. The van der Waals surface area contributed by atoms with E-state index in [2.05, 4.69) is 0 Å². The van der Waals surface area contributed by atoms with Crippen molar-refractivity contribution in [2.45, 2.75) is 51.9 Å². The minimum atomic E-state index is -5.12. The average Bonchev–Trinajstić information content (AvgIpc) is 3.00. The van der Waals surface area contributed by atoms with Gasteiger partial charge in [0, 0.05) is 17.6 Å². The number of fused-ring (bicyclic) bond motifs is 1. The third-order valence-corrected chi connectivity index (χ3v) is 7.48. The number of esters is 1. The van der Waals surface area contributed by atoms with E-state index in [4.69, 9.17) is 14.2 Å². The molecule has 0 amide bonds. The number of hydrogen-bond acceptors (Lipinski definition) is 6. The lowest BCUT2D eigenvalue weighted by Crippen LogP contribution is -2.26. The molecule has 0 heterocycles. The predicted molar refractivity (Wildman–Crippen MR) is 162 cm³/mol. The molecule has 4 rings (SSSR count). The number of carbonyl (C=O) groups excluding carboxylic acids is 1. The van der Waals surface area contributed by atoms with Gasteiger partial charge in [0.1, 0.15) is 30.2 Å². The standard InChI is InChI=1S/C35H30F6N2O4/c1-5-45-9-10-46-32(44)20-7-6-8-27(15-20)47-29-17-24(33(2,3)4)12-21-11-23(18-42)28(19-43)30(31(21)29)22-13-25(34(36,37)38)16-26(14-22)35(39,40)41/h6-8,11-13,15-17,26H,5,9-10,14H2,1-4H3. The van der Waals surface area contributed by atoms with Crippen LogP contribution in [0.1, 0.15) is 66.7 Å². The molecule has 47 heavy (non-hydrogen) atoms. The maximum absolute atomic E-state index is 14.0. The van der Waals surface area contributed by atoms with Gasteiger partial charge in [0.15, 0.2) is 0 Å². The smallest absolute Gasteiger partial charge is 0.416 e. The number of carbonyl (C=O) groups is 1. The van der Waals surface area contributed by atoms with Crippen molar-refractivity contribution >= 4 is 22.3 Å². The summed E-state index contributed by atoms with van der Waals surface area (Å²) in [5.74, 6) is -3.08. The van der Waals surface area contributed by atoms with Crippen molar-refractivity contribution in [3.63, 3.8) is 0 Å². The summed E-state index contributed by atoms with van der Waals surface area (Å²) in [7, 11) is 0. The first-order valence-electron chi connectivity index (χ1n) is 14.5. The number of nitriles is 2. The molecule has 3 aromatic carbocycles. The lowest BCUT2D eigenvalue weighted by molar-refractivity contribution is -0.161. The van der Waals surface area contributed by atoms with E-state index in [-0.39, 0.29) is 58.3 Å². The summed E-state index contributed by atoms with van der Waals surface area (Å²) >= 11 is 0. The van der Waals surface area contributed by atoms with E-state index in [1.807, 2.05) is 32.9 Å². The highest BCUT2D eigenvalue weighted by molar-refractivity contribution is 6.03. The van der Waals surface area contributed by atoms with Crippen LogP contribution in [0.25, 0.3) is 16.3 Å². The Kier molecular flexibility index (Phi) is 10.1. The lowest BCUT2D eigenvalue weighted by Gasteiger charge is -2.27. The second-order valence-corrected chi connectivity index (χ2v) is 11.8. The zero-order valence-corrected chi connectivity index (χ0v) is 25.9. The van der Waals surface area contributed by atoms with Crippen LogP contribution in [0, 0.1) is 28.6 Å². The molecule has 1 atom stereocenters. The molecule has 1 aliphatic rings. The van der Waals surface area contributed by atoms with Gasteiger partial charge in [0.05, 0.1) is 34.8 Å². The van der Waals surface area contributed by atoms with Gasteiger partial charge in [0.2, 0.25) is 0 Å². The van der Waals surface area contributed by atoms with Gasteiger partial charge in [-0.15, -0.1) is 0 Å². The topological polar surface area (TPSA) is 92.3 Å². The molecule has 3 aromatic rings. The third kappa shape index (κ3) is 7.95. The Morgan fingerprint density at radius 3 is 2.30 bits per heavy atom. The molecular formula is C35H30F6N2O4. The van der Waals surface area contributed by atoms with E-state index in [0.29, 0.717) is 18.2 Å². The van der Waals surface area contributed by atoms with E-state index in [1.54, 1.807) is 19.1 Å². The SMILES string of the molecule is CCOCCOC(=O)c1cccc(Oc2cc(C(C)(C)C)cc3cc(C#N)c(C#N)c(C4=CC(C(F)(F)F)=CC(C(F)(F)F)C4)c23)c1. The molecule has 0 N–H and O–H groups in total. The first-order chi connectivity index (χ1) is 22.0. The van der Waals surface area contributed by atoms with Gasteiger partial charge in [-0.05, 0) is 71.7 Å². The fraction of sp³-hybridized carbons (Fsp3) is 0.343. The van der Waals surface area contributed by atoms with Crippen molar-refractivity contribution in [1.29, 1.82) is 10.5 Å². The van der Waals surface area contributed by atoms with Gasteiger partial charge >= 0.3 is 18.3 Å². The molecule has 246 valence electrons. The van der Waals surface area contributed by atoms with E-state index in [0.717, 1.165) is 0 Å². The highest BCUT2D eigenvalue weighted by Crippen LogP contribution is 2.48. The maximum atomic E-state index is 14.0. The van der Waals surface area contributed by atoms with Crippen molar-refractivity contribution in [2.24, 2.45) is 5.92 Å². The molecule has 12 heteroatoms. The summed E-state index contributed by atoms with van der Waals surface area (Å²) in [6.45, 7) is 8.06. The van der Waals surface area contributed by atoms with Crippen molar-refractivity contribution in [1.82, 2.24) is 0 Å². The quantitative estimate of drug-likeness (QED) is 0.136. The number of nitrogens with zero attached hydrogens (tertiary/aromatic N) is 2. The Balaban J connectivity index is 1.99. The number of ether oxygens (including phenoxy) is 3. The van der Waals surface area contributed by atoms with Gasteiger partial charge in [-0.25, -0.2) is 4.79 Å². The molecule has 1 unspecified atom stereocenters. The minimum absolute atomic E-state index is 0.0000618. The fourth-order valence-electron chi connectivity index (χ4n) is 5.15. The van der Waals surface area contributed by atoms with Gasteiger partial charge in [-0.1, -0.05) is 39.0 Å². The Morgan fingerprint density at radius 2 is 1.70 bits per heavy atom. The molecule has 0 saturated carbocycles. The number of allylic oxidation sites excluding steroid dienone is 4. The monoisotopic (exact) mass is 656 g/mol. The summed E-state index contributed by atoms with van der Waals surface area (Å²) in [6.07, 6.45) is -10.4. The summed E-state index contributed by atoms with van der Waals surface area (Å²) in [4.78, 5) is 12.7. The molecule has 0 bridgehead atoms. The van der Waals surface area contributed by atoms with Crippen LogP contribution in [0.4, 0.5) is 26.3 Å². The fourth-order valence-corrected chi connectivity index (χ4v) is 5.15. The molecule has 0 saturated heterocycles. The Hall–Kier alpha value is -4.81. The second-order valence-electron chi connectivity index (χ2n) is 11.8. The van der Waals surface area contributed by atoms with Gasteiger partial charge in [0.25, 0.3) is 0 Å². The van der Waals surface area contributed by atoms with Crippen LogP contribution in [0.2, 0.25) is 0 Å². The first kappa shape index (κ1) is 35.1. The highest BCUT2D eigenvalue weighted by Gasteiger charge is 2.45. The van der Waals surface area contributed by atoms with E-state index >= 15 is 0 Å². The number of rotatable bonds is 8. The van der Waals surface area contributed by atoms with Crippen LogP contribution in [-0.4, -0.2) is 38.1 Å². The lowest BCUT2D eigenvalue weighted by atomic mass is 9.79. The normalized spacial score (nSPS) is 15.4. The van der Waals surface area contributed by atoms with Gasteiger partial charge < -0.3 is 14.2 Å². The third-order valence-electron chi connectivity index (χ3n) is 7.48. The van der Waals surface area contributed by atoms with Crippen LogP contribution in [-0.2, 0) is 14.9 Å². The molecule has 0 spiro atoms. The second kappa shape index (κ2) is 13.5. The predicted octanol–water partition coefficient (Wildman–Crippen LogP) is 9.32. The van der Waals surface area contributed by atoms with Crippen LogP contribution in [0.3, 0.4) is 0 Å². The summed E-state index contributed by atoms with van der Waals surface area (Å²) in [5.41, 5.74) is -2.60. The van der Waals surface area contributed by atoms with Crippen LogP contribution < -0.4 is 4.74 Å². The van der Waals surface area contributed by atoms with Crippen molar-refractivity contribution in [3.8, 4) is 23.6 Å². The largest absolute Gasteiger partial charge is 0.460 e. The van der Waals surface area contributed by atoms with Crippen molar-refractivity contribution in [3.05, 3.63) is 88.0 Å². The highest BCUT2D eigenvalue weighted by atomic mass is 19.4. The molecule has 6 nitrogen and oxygen atoms in total. The Labute approximate surface area is 267 Å². The van der Waals surface area contributed by atoms with Gasteiger partial charge in [-0.3, -0.25) is 0 Å². The van der Waals surface area contributed by atoms with Crippen LogP contribution in [0.5, 0.6) is 11.5 Å². The molecule has 0 aliphatic heterocycles. The Morgan fingerprint density at radius 1 is 0.979 bits per heavy atom. The van der Waals surface area contributed by atoms with Gasteiger partial charge in [-0.2, -0.15) is 36.9 Å². The zero-order chi connectivity index (χ0) is 34.7.